The second-order valence-corrected chi connectivity index (χ2v) is 7.85. The molecule has 0 saturated carbocycles. The van der Waals surface area contributed by atoms with Gasteiger partial charge >= 0.3 is 0 Å². The molecule has 0 bridgehead atoms. The topological polar surface area (TPSA) is 96.5 Å². The van der Waals surface area contributed by atoms with Gasteiger partial charge in [0.15, 0.2) is 15.7 Å². The standard InChI is InChI=1S/C11H19N3O3S2/c1-3-19(16,17)9-10(12)13-18-11(9)14-5-4-8(15)7(2)6-14/h7-8,15H,3-6H2,1-2H3,(H2,12,13). The fourth-order valence-electron chi connectivity index (χ4n) is 2.24. The first-order valence-corrected chi connectivity index (χ1v) is 8.70. The molecule has 0 amide bonds. The van der Waals surface area contributed by atoms with Crippen molar-refractivity contribution in [1.82, 2.24) is 4.37 Å². The SMILES string of the molecule is CCS(=O)(=O)c1c(N)nsc1N1CCC(O)C(C)C1. The molecule has 6 nitrogen and oxygen atoms in total. The van der Waals surface area contributed by atoms with Crippen molar-refractivity contribution < 1.29 is 13.5 Å². The number of nitrogens with zero attached hydrogens (tertiary/aromatic N) is 2. The fourth-order valence-corrected chi connectivity index (χ4v) is 4.58. The van der Waals surface area contributed by atoms with E-state index in [1.807, 2.05) is 11.8 Å². The Bertz CT molecular complexity index is 556. The molecular formula is C11H19N3O3S2. The molecule has 108 valence electrons. The number of nitrogens with two attached hydrogens (primary N) is 1. The molecule has 2 rings (SSSR count). The quantitative estimate of drug-likeness (QED) is 0.854. The minimum atomic E-state index is -3.38. The van der Waals surface area contributed by atoms with Crippen molar-refractivity contribution in [3.05, 3.63) is 0 Å². The summed E-state index contributed by atoms with van der Waals surface area (Å²) in [7, 11) is -3.38. The first-order valence-electron chi connectivity index (χ1n) is 6.27. The van der Waals surface area contributed by atoms with Crippen molar-refractivity contribution >= 4 is 32.2 Å². The Kier molecular flexibility index (Phi) is 4.03. The first-order chi connectivity index (χ1) is 8.86. The van der Waals surface area contributed by atoms with E-state index in [0.717, 1.165) is 11.5 Å². The molecule has 8 heteroatoms. The Hall–Kier alpha value is -0.860. The van der Waals surface area contributed by atoms with Crippen LogP contribution in [-0.2, 0) is 9.84 Å². The zero-order chi connectivity index (χ0) is 14.2. The molecule has 0 aliphatic carbocycles. The van der Waals surface area contributed by atoms with Crippen LogP contribution in [0.3, 0.4) is 0 Å². The lowest BCUT2D eigenvalue weighted by molar-refractivity contribution is 0.0971. The third kappa shape index (κ3) is 2.70. The van der Waals surface area contributed by atoms with Gasteiger partial charge < -0.3 is 15.7 Å². The van der Waals surface area contributed by atoms with Crippen molar-refractivity contribution in [2.24, 2.45) is 5.92 Å². The van der Waals surface area contributed by atoms with Gasteiger partial charge in [0.05, 0.1) is 11.9 Å². The summed E-state index contributed by atoms with van der Waals surface area (Å²) in [6, 6.07) is 0. The van der Waals surface area contributed by atoms with Crippen LogP contribution in [0, 0.1) is 5.92 Å². The summed E-state index contributed by atoms with van der Waals surface area (Å²) < 4.78 is 28.2. The van der Waals surface area contributed by atoms with Crippen molar-refractivity contribution in [1.29, 1.82) is 0 Å². The Morgan fingerprint density at radius 3 is 2.84 bits per heavy atom. The maximum absolute atomic E-state index is 12.1. The molecule has 1 saturated heterocycles. The zero-order valence-corrected chi connectivity index (χ0v) is 12.7. The average molecular weight is 305 g/mol. The number of sulfone groups is 1. The number of hydrogen-bond acceptors (Lipinski definition) is 7. The summed E-state index contributed by atoms with van der Waals surface area (Å²) in [5.74, 6) is 0.198. The number of nitrogen functional groups attached to an aromatic ring is 1. The fraction of sp³-hybridized carbons (Fsp3) is 0.727. The molecule has 1 aliphatic heterocycles. The second kappa shape index (κ2) is 5.26. The van der Waals surface area contributed by atoms with Gasteiger partial charge in [-0.15, -0.1) is 0 Å². The number of anilines is 2. The Labute approximate surface area is 117 Å². The van der Waals surface area contributed by atoms with Crippen LogP contribution in [0.4, 0.5) is 10.8 Å². The molecule has 3 N–H and O–H groups in total. The van der Waals surface area contributed by atoms with E-state index in [1.54, 1.807) is 6.92 Å². The van der Waals surface area contributed by atoms with Crippen molar-refractivity contribution in [3.63, 3.8) is 0 Å². The molecular weight excluding hydrogens is 286 g/mol. The van der Waals surface area contributed by atoms with E-state index in [9.17, 15) is 13.5 Å². The van der Waals surface area contributed by atoms with E-state index in [4.69, 9.17) is 5.73 Å². The van der Waals surface area contributed by atoms with E-state index in [2.05, 4.69) is 4.37 Å². The summed E-state index contributed by atoms with van der Waals surface area (Å²) in [5, 5.41) is 10.4. The minimum Gasteiger partial charge on any atom is -0.393 e. The van der Waals surface area contributed by atoms with Gasteiger partial charge in [0, 0.05) is 13.1 Å². The second-order valence-electron chi connectivity index (χ2n) is 4.88. The number of aliphatic hydroxyl groups excluding tert-OH is 1. The number of rotatable bonds is 3. The van der Waals surface area contributed by atoms with Gasteiger partial charge in [-0.3, -0.25) is 0 Å². The van der Waals surface area contributed by atoms with Crippen LogP contribution < -0.4 is 10.6 Å². The number of aromatic nitrogens is 1. The van der Waals surface area contributed by atoms with Gasteiger partial charge in [0.1, 0.15) is 9.90 Å². The molecule has 1 aromatic heterocycles. The largest absolute Gasteiger partial charge is 0.393 e. The average Bonchev–Trinajstić information content (AvgIpc) is 2.75. The van der Waals surface area contributed by atoms with Crippen molar-refractivity contribution in [3.8, 4) is 0 Å². The molecule has 0 radical (unpaired) electrons. The third-order valence-corrected chi connectivity index (χ3v) is 6.33. The van der Waals surface area contributed by atoms with Crippen LogP contribution in [-0.4, -0.2) is 42.8 Å². The predicted octanol–water partition coefficient (Wildman–Crippen LogP) is 0.726. The van der Waals surface area contributed by atoms with Gasteiger partial charge in [-0.05, 0) is 23.9 Å². The van der Waals surface area contributed by atoms with Crippen LogP contribution >= 0.6 is 11.5 Å². The van der Waals surface area contributed by atoms with E-state index in [-0.39, 0.29) is 28.5 Å². The van der Waals surface area contributed by atoms with E-state index in [0.29, 0.717) is 24.5 Å². The highest BCUT2D eigenvalue weighted by molar-refractivity contribution is 7.91. The van der Waals surface area contributed by atoms with Crippen molar-refractivity contribution in [2.45, 2.75) is 31.3 Å². The molecule has 2 heterocycles. The highest BCUT2D eigenvalue weighted by atomic mass is 32.2. The maximum Gasteiger partial charge on any atom is 0.184 e. The van der Waals surface area contributed by atoms with Gasteiger partial charge in [-0.1, -0.05) is 13.8 Å². The van der Waals surface area contributed by atoms with Crippen molar-refractivity contribution in [2.75, 3.05) is 29.5 Å². The normalized spacial score (nSPS) is 24.7. The monoisotopic (exact) mass is 305 g/mol. The lowest BCUT2D eigenvalue weighted by atomic mass is 9.97. The summed E-state index contributed by atoms with van der Waals surface area (Å²) in [6.07, 6.45) is 0.303. The Balaban J connectivity index is 2.37. The van der Waals surface area contributed by atoms with E-state index in [1.165, 1.54) is 0 Å². The van der Waals surface area contributed by atoms with Gasteiger partial charge in [-0.2, -0.15) is 4.37 Å². The summed E-state index contributed by atoms with van der Waals surface area (Å²) in [4.78, 5) is 2.12. The number of piperidine rings is 1. The van der Waals surface area contributed by atoms with Crippen LogP contribution in [0.1, 0.15) is 20.3 Å². The summed E-state index contributed by atoms with van der Waals surface area (Å²) >= 11 is 1.12. The molecule has 1 fully saturated rings. The smallest absolute Gasteiger partial charge is 0.184 e. The first kappa shape index (κ1) is 14.5. The number of aliphatic hydroxyl groups is 1. The predicted molar refractivity (Wildman–Crippen MR) is 76.3 cm³/mol. The highest BCUT2D eigenvalue weighted by Crippen LogP contribution is 2.37. The summed E-state index contributed by atoms with van der Waals surface area (Å²) in [5.41, 5.74) is 5.72. The van der Waals surface area contributed by atoms with Crippen LogP contribution in [0.15, 0.2) is 4.90 Å². The lowest BCUT2D eigenvalue weighted by Crippen LogP contribution is -2.42. The molecule has 2 unspecified atom stereocenters. The molecule has 0 aromatic carbocycles. The van der Waals surface area contributed by atoms with Crippen LogP contribution in [0.2, 0.25) is 0 Å². The van der Waals surface area contributed by atoms with E-state index < -0.39 is 9.84 Å². The van der Waals surface area contributed by atoms with Crippen LogP contribution in [0.25, 0.3) is 0 Å². The van der Waals surface area contributed by atoms with E-state index >= 15 is 0 Å². The molecule has 1 aliphatic rings. The van der Waals surface area contributed by atoms with Gasteiger partial charge in [0.25, 0.3) is 0 Å². The van der Waals surface area contributed by atoms with Crippen LogP contribution in [0.5, 0.6) is 0 Å². The minimum absolute atomic E-state index is 0.00856. The lowest BCUT2D eigenvalue weighted by Gasteiger charge is -2.35. The molecule has 1 aromatic rings. The Morgan fingerprint density at radius 2 is 2.26 bits per heavy atom. The maximum atomic E-state index is 12.1. The van der Waals surface area contributed by atoms with Gasteiger partial charge in [-0.25, -0.2) is 8.42 Å². The molecule has 2 atom stereocenters. The molecule has 0 spiro atoms. The third-order valence-electron chi connectivity index (χ3n) is 3.50. The van der Waals surface area contributed by atoms with Gasteiger partial charge in [0.2, 0.25) is 0 Å². The zero-order valence-electron chi connectivity index (χ0n) is 11.0. The number of hydrogen-bond donors (Lipinski definition) is 2. The molecule has 19 heavy (non-hydrogen) atoms. The highest BCUT2D eigenvalue weighted by Gasteiger charge is 2.31. The Morgan fingerprint density at radius 1 is 1.58 bits per heavy atom. The summed E-state index contributed by atoms with van der Waals surface area (Å²) in [6.45, 7) is 4.79.